The maximum atomic E-state index is 14.3. The molecule has 6 aromatic rings. The molecule has 0 atom stereocenters. The zero-order valence-corrected chi connectivity index (χ0v) is 23.0. The van der Waals surface area contributed by atoms with E-state index in [1.807, 2.05) is 0 Å². The van der Waals surface area contributed by atoms with Crippen molar-refractivity contribution < 1.29 is 48.3 Å². The van der Waals surface area contributed by atoms with Crippen LogP contribution in [-0.2, 0) is 37.5 Å². The van der Waals surface area contributed by atoms with Crippen molar-refractivity contribution in [2.45, 2.75) is 44.5 Å². The van der Waals surface area contributed by atoms with Gasteiger partial charge in [0.25, 0.3) is 5.92 Å². The van der Waals surface area contributed by atoms with E-state index in [0.29, 0.717) is 52.1 Å². The lowest BCUT2D eigenvalue weighted by atomic mass is 9.88. The van der Waals surface area contributed by atoms with Crippen LogP contribution in [0.4, 0.5) is 48.3 Å². The third kappa shape index (κ3) is 3.92. The van der Waals surface area contributed by atoms with Gasteiger partial charge in [0.2, 0.25) is 0 Å². The van der Waals surface area contributed by atoms with E-state index in [1.54, 1.807) is 18.2 Å². The van der Waals surface area contributed by atoms with Gasteiger partial charge in [-0.3, -0.25) is 0 Å². The van der Waals surface area contributed by atoms with Crippen molar-refractivity contribution in [3.63, 3.8) is 0 Å². The van der Waals surface area contributed by atoms with E-state index in [-0.39, 0.29) is 41.8 Å². The van der Waals surface area contributed by atoms with Crippen LogP contribution in [0, 0.1) is 0 Å². The van der Waals surface area contributed by atoms with E-state index in [2.05, 4.69) is 9.97 Å². The Morgan fingerprint density at radius 3 is 1.35 bits per heavy atom. The summed E-state index contributed by atoms with van der Waals surface area (Å²) in [6.45, 7) is 0.300. The fourth-order valence-corrected chi connectivity index (χ4v) is 6.64. The summed E-state index contributed by atoms with van der Waals surface area (Å²) >= 11 is 0. The minimum absolute atomic E-state index is 0.00993. The maximum absolute atomic E-state index is 14.3. The number of nitrogens with zero attached hydrogens (tertiary/aromatic N) is 4. The first kappa shape index (κ1) is 28.8. The molecule has 2 aliphatic rings. The summed E-state index contributed by atoms with van der Waals surface area (Å²) in [7, 11) is 0. The van der Waals surface area contributed by atoms with Crippen molar-refractivity contribution in [2.24, 2.45) is 0 Å². The number of rotatable bonds is 1. The predicted octanol–water partition coefficient (Wildman–Crippen LogP) is 9.76. The number of imidazole rings is 2. The molecule has 0 bridgehead atoms. The van der Waals surface area contributed by atoms with Gasteiger partial charge in [0.15, 0.2) is 0 Å². The monoisotopic (exact) mass is 652 g/mol. The molecule has 46 heavy (non-hydrogen) atoms. The summed E-state index contributed by atoms with van der Waals surface area (Å²) in [5, 5.41) is 1.04. The second kappa shape index (κ2) is 8.56. The summed E-state index contributed by atoms with van der Waals surface area (Å²) in [4.78, 5) is 8.45. The molecule has 0 unspecified atom stereocenters. The average Bonchev–Trinajstić information content (AvgIpc) is 3.50. The number of fused-ring (bicyclic) bond motifs is 8. The van der Waals surface area contributed by atoms with Crippen molar-refractivity contribution in [2.75, 3.05) is 0 Å². The van der Waals surface area contributed by atoms with Crippen LogP contribution < -0.4 is 0 Å². The largest absolute Gasteiger partial charge is 0.418 e. The van der Waals surface area contributed by atoms with E-state index in [1.165, 1.54) is 15.2 Å². The van der Waals surface area contributed by atoms with E-state index < -0.39 is 57.7 Å². The van der Waals surface area contributed by atoms with Gasteiger partial charge in [-0.05, 0) is 46.2 Å². The maximum Gasteiger partial charge on any atom is 0.418 e. The zero-order valence-electron chi connectivity index (χ0n) is 23.0. The molecular formula is C31H15F11N4. The van der Waals surface area contributed by atoms with Gasteiger partial charge < -0.3 is 9.13 Å². The van der Waals surface area contributed by atoms with Crippen LogP contribution in [0.1, 0.15) is 40.3 Å². The van der Waals surface area contributed by atoms with Crippen LogP contribution in [0.15, 0.2) is 48.5 Å². The smallest absolute Gasteiger partial charge is 0.319 e. The Morgan fingerprint density at radius 1 is 0.543 bits per heavy atom. The van der Waals surface area contributed by atoms with Crippen molar-refractivity contribution in [1.29, 1.82) is 0 Å². The molecule has 4 heterocycles. The molecule has 4 nitrogen and oxygen atoms in total. The molecule has 0 aliphatic carbocycles. The Morgan fingerprint density at radius 2 is 0.957 bits per heavy atom. The van der Waals surface area contributed by atoms with Crippen molar-refractivity contribution >= 4 is 32.8 Å². The Labute approximate surface area is 249 Å². The van der Waals surface area contributed by atoms with Crippen LogP contribution in [0.5, 0.6) is 0 Å². The minimum atomic E-state index is -5.14. The number of halogens is 11. The quantitative estimate of drug-likeness (QED) is 0.166. The van der Waals surface area contributed by atoms with E-state index in [4.69, 9.17) is 0 Å². The van der Waals surface area contributed by atoms with Crippen molar-refractivity contribution in [3.05, 3.63) is 81.9 Å². The second-order valence-electron chi connectivity index (χ2n) is 11.5. The Kier molecular flexibility index (Phi) is 5.35. The average molecular weight is 652 g/mol. The van der Waals surface area contributed by atoms with Gasteiger partial charge in [0, 0.05) is 23.6 Å². The van der Waals surface area contributed by atoms with E-state index >= 15 is 0 Å². The molecule has 0 spiro atoms. The van der Waals surface area contributed by atoms with E-state index in [0.717, 1.165) is 6.07 Å². The number of alkyl halides is 11. The van der Waals surface area contributed by atoms with Gasteiger partial charge >= 0.3 is 18.5 Å². The molecule has 4 aromatic carbocycles. The standard InChI is InChI=1S/C31H15F11N4/c1-28(32,33)14-6-18(30(37,38)39)24-20(8-14)45-10-12-2-5-17-23-13(3-4-16(22(12)23)26(45)43-24)11-46-21-9-15(29(34,35)36)7-19(31(40,41)42)25(21)44-27(17)46/h2-9H,10-11H2,1H3. The highest BCUT2D eigenvalue weighted by atomic mass is 19.4. The molecule has 8 rings (SSSR count). The highest BCUT2D eigenvalue weighted by molar-refractivity contribution is 6.10. The van der Waals surface area contributed by atoms with Crippen molar-refractivity contribution in [1.82, 2.24) is 19.1 Å². The highest BCUT2D eigenvalue weighted by Crippen LogP contribution is 2.49. The topological polar surface area (TPSA) is 35.6 Å². The van der Waals surface area contributed by atoms with Gasteiger partial charge in [-0.15, -0.1) is 0 Å². The number of hydrogen-bond acceptors (Lipinski definition) is 2. The fraction of sp³-hybridized carbons (Fsp3) is 0.226. The highest BCUT2D eigenvalue weighted by Gasteiger charge is 2.42. The molecule has 0 saturated heterocycles. The van der Waals surface area contributed by atoms with Crippen LogP contribution in [-0.4, -0.2) is 19.1 Å². The molecule has 0 amide bonds. The molecule has 2 aromatic heterocycles. The third-order valence-electron chi connectivity index (χ3n) is 8.62. The Hall–Kier alpha value is -4.69. The molecule has 0 fully saturated rings. The molecule has 0 radical (unpaired) electrons. The van der Waals surface area contributed by atoms with Crippen LogP contribution in [0.25, 0.3) is 55.6 Å². The summed E-state index contributed by atoms with van der Waals surface area (Å²) in [6, 6.07) is 8.27. The lowest BCUT2D eigenvalue weighted by molar-refractivity contribution is -0.142. The molecule has 2 aliphatic heterocycles. The summed E-state index contributed by atoms with van der Waals surface area (Å²) in [5.41, 5.74) is -5.09. The summed E-state index contributed by atoms with van der Waals surface area (Å²) in [5.74, 6) is -3.52. The third-order valence-corrected chi connectivity index (χ3v) is 8.62. The fourth-order valence-electron chi connectivity index (χ4n) is 6.64. The Balaban J connectivity index is 1.40. The van der Waals surface area contributed by atoms with Crippen LogP contribution in [0.3, 0.4) is 0 Å². The minimum Gasteiger partial charge on any atom is -0.319 e. The van der Waals surface area contributed by atoms with Gasteiger partial charge in [-0.25, -0.2) is 18.7 Å². The first-order chi connectivity index (χ1) is 21.3. The van der Waals surface area contributed by atoms with Crippen LogP contribution >= 0.6 is 0 Å². The predicted molar refractivity (Wildman–Crippen MR) is 144 cm³/mol. The van der Waals surface area contributed by atoms with Gasteiger partial charge in [0.1, 0.15) is 22.7 Å². The first-order valence-electron chi connectivity index (χ1n) is 13.6. The lowest BCUT2D eigenvalue weighted by Crippen LogP contribution is -2.15. The van der Waals surface area contributed by atoms with Crippen LogP contribution in [0.2, 0.25) is 0 Å². The first-order valence-corrected chi connectivity index (χ1v) is 13.6. The van der Waals surface area contributed by atoms with Gasteiger partial charge in [-0.1, -0.05) is 24.3 Å². The lowest BCUT2D eigenvalue weighted by Gasteiger charge is -2.26. The summed E-state index contributed by atoms with van der Waals surface area (Å²) in [6.07, 6.45) is -15.2. The number of benzene rings is 4. The number of aromatic nitrogens is 4. The molecule has 0 saturated carbocycles. The second-order valence-corrected chi connectivity index (χ2v) is 11.5. The Bertz CT molecular complexity index is 2150. The normalized spacial score (nSPS) is 14.8. The van der Waals surface area contributed by atoms with Gasteiger partial charge in [-0.2, -0.15) is 39.5 Å². The van der Waals surface area contributed by atoms with Crippen molar-refractivity contribution in [3.8, 4) is 22.8 Å². The molecule has 15 heteroatoms. The number of hydrogen-bond donors (Lipinski definition) is 0. The molecular weight excluding hydrogens is 637 g/mol. The zero-order chi connectivity index (χ0) is 32.9. The SMILES string of the molecule is CC(F)(F)c1cc(C(F)(F)F)c2nc3n(c2c1)Cc1ccc2c4c(ccc-3c14)Cn1c-2nc2c(C(F)(F)F)cc(C(F)(F)F)cc21. The molecule has 236 valence electrons. The summed E-state index contributed by atoms with van der Waals surface area (Å²) < 4.78 is 156. The van der Waals surface area contributed by atoms with Gasteiger partial charge in [0.05, 0.1) is 40.8 Å². The molecule has 0 N–H and O–H groups in total. The van der Waals surface area contributed by atoms with E-state index in [9.17, 15) is 48.3 Å².